The molecule has 3 rings (SSSR count). The maximum Gasteiger partial charge on any atom is 0.416 e. The van der Waals surface area contributed by atoms with Crippen LogP contribution in [0.2, 0.25) is 5.15 Å². The summed E-state index contributed by atoms with van der Waals surface area (Å²) in [7, 11) is 0. The molecule has 0 aliphatic rings. The van der Waals surface area contributed by atoms with Gasteiger partial charge in [-0.1, -0.05) is 24.6 Å². The second-order valence-electron chi connectivity index (χ2n) is 5.60. The van der Waals surface area contributed by atoms with E-state index in [0.717, 1.165) is 12.1 Å². The molecular weight excluding hydrogens is 401 g/mol. The molecule has 0 saturated heterocycles. The number of halogens is 4. The van der Waals surface area contributed by atoms with Crippen molar-refractivity contribution in [3.8, 4) is 5.69 Å². The standard InChI is InChI=1S/C16H14ClF3N6S/c1-3-13-22-23-15(27)26(13)21-8-12-9(2)24-25(14(12)17)11-6-4-5-10(7-11)16(18,19)20/h4-8H,3H2,1-2H3,(H,23,27)/b21-8+. The van der Waals surface area contributed by atoms with Crippen LogP contribution in [0.15, 0.2) is 29.4 Å². The quantitative estimate of drug-likeness (QED) is 0.503. The largest absolute Gasteiger partial charge is 0.416 e. The van der Waals surface area contributed by atoms with E-state index in [1.54, 1.807) is 6.92 Å². The van der Waals surface area contributed by atoms with E-state index in [2.05, 4.69) is 20.4 Å². The molecule has 0 unspecified atom stereocenters. The minimum atomic E-state index is -4.46. The normalized spacial score (nSPS) is 12.2. The maximum atomic E-state index is 13.0. The van der Waals surface area contributed by atoms with Crippen LogP contribution in [0.25, 0.3) is 5.69 Å². The van der Waals surface area contributed by atoms with Gasteiger partial charge in [0.15, 0.2) is 5.82 Å². The monoisotopic (exact) mass is 414 g/mol. The van der Waals surface area contributed by atoms with E-state index in [0.29, 0.717) is 28.3 Å². The number of aryl methyl sites for hydroxylation is 2. The van der Waals surface area contributed by atoms with Gasteiger partial charge in [0.25, 0.3) is 0 Å². The first-order chi connectivity index (χ1) is 12.7. The summed E-state index contributed by atoms with van der Waals surface area (Å²) in [4.78, 5) is 0. The fourth-order valence-corrected chi connectivity index (χ4v) is 2.95. The van der Waals surface area contributed by atoms with Gasteiger partial charge >= 0.3 is 6.18 Å². The average Bonchev–Trinajstić information content (AvgIpc) is 3.12. The molecule has 0 aliphatic carbocycles. The minimum Gasteiger partial charge on any atom is -0.250 e. The molecule has 1 N–H and O–H groups in total. The third-order valence-electron chi connectivity index (χ3n) is 3.80. The molecule has 3 aromatic rings. The summed E-state index contributed by atoms with van der Waals surface area (Å²) >= 11 is 11.5. The lowest BCUT2D eigenvalue weighted by molar-refractivity contribution is -0.137. The Morgan fingerprint density at radius 3 is 2.78 bits per heavy atom. The Morgan fingerprint density at radius 2 is 2.11 bits per heavy atom. The highest BCUT2D eigenvalue weighted by molar-refractivity contribution is 7.71. The SMILES string of the molecule is CCc1n[nH]c(=S)n1/N=C/c1c(C)nn(-c2cccc(C(F)(F)F)c2)c1Cl. The van der Waals surface area contributed by atoms with Crippen LogP contribution in [0.1, 0.15) is 29.6 Å². The Labute approximate surface area is 162 Å². The van der Waals surface area contributed by atoms with Crippen LogP contribution in [0, 0.1) is 11.7 Å². The molecule has 2 aromatic heterocycles. The second kappa shape index (κ2) is 7.28. The fourth-order valence-electron chi connectivity index (χ4n) is 2.43. The van der Waals surface area contributed by atoms with Gasteiger partial charge in [-0.25, -0.2) is 4.68 Å². The molecule has 11 heteroatoms. The van der Waals surface area contributed by atoms with E-state index in [-0.39, 0.29) is 10.8 Å². The Bertz CT molecular complexity index is 1060. The summed E-state index contributed by atoms with van der Waals surface area (Å²) in [6.07, 6.45) is -2.39. The number of aromatic amines is 1. The average molecular weight is 415 g/mol. The molecule has 1 aromatic carbocycles. The van der Waals surface area contributed by atoms with Crippen molar-refractivity contribution in [3.63, 3.8) is 0 Å². The second-order valence-corrected chi connectivity index (χ2v) is 6.35. The number of hydrogen-bond acceptors (Lipinski definition) is 4. The van der Waals surface area contributed by atoms with Crippen LogP contribution in [-0.2, 0) is 12.6 Å². The molecule has 0 radical (unpaired) electrons. The number of nitrogens with zero attached hydrogens (tertiary/aromatic N) is 5. The number of benzene rings is 1. The van der Waals surface area contributed by atoms with Gasteiger partial charge in [0, 0.05) is 6.42 Å². The van der Waals surface area contributed by atoms with Crippen molar-refractivity contribution in [2.24, 2.45) is 5.10 Å². The molecule has 0 spiro atoms. The highest BCUT2D eigenvalue weighted by Gasteiger charge is 2.30. The topological polar surface area (TPSA) is 63.8 Å². The first kappa shape index (κ1) is 19.3. The van der Waals surface area contributed by atoms with E-state index in [1.165, 1.54) is 27.7 Å². The van der Waals surface area contributed by atoms with Crippen molar-refractivity contribution < 1.29 is 13.2 Å². The van der Waals surface area contributed by atoms with Crippen molar-refractivity contribution in [3.05, 3.63) is 56.8 Å². The third kappa shape index (κ3) is 3.81. The smallest absolute Gasteiger partial charge is 0.250 e. The molecule has 0 fully saturated rings. The van der Waals surface area contributed by atoms with Crippen LogP contribution in [-0.4, -0.2) is 30.9 Å². The zero-order valence-electron chi connectivity index (χ0n) is 14.3. The van der Waals surface area contributed by atoms with Crippen LogP contribution in [0.3, 0.4) is 0 Å². The van der Waals surface area contributed by atoms with Crippen molar-refractivity contribution in [2.75, 3.05) is 0 Å². The Morgan fingerprint density at radius 1 is 1.37 bits per heavy atom. The Kier molecular flexibility index (Phi) is 5.20. The number of rotatable bonds is 4. The zero-order valence-corrected chi connectivity index (χ0v) is 15.8. The number of alkyl halides is 3. The number of nitrogens with one attached hydrogen (secondary N) is 1. The first-order valence-corrected chi connectivity index (χ1v) is 8.64. The molecule has 0 saturated carbocycles. The van der Waals surface area contributed by atoms with Crippen molar-refractivity contribution >= 4 is 30.0 Å². The lowest BCUT2D eigenvalue weighted by Crippen LogP contribution is -2.06. The molecule has 0 amide bonds. The summed E-state index contributed by atoms with van der Waals surface area (Å²) in [6.45, 7) is 3.59. The van der Waals surface area contributed by atoms with E-state index in [9.17, 15) is 13.2 Å². The van der Waals surface area contributed by atoms with E-state index in [1.807, 2.05) is 6.92 Å². The lowest BCUT2D eigenvalue weighted by Gasteiger charge is -2.09. The summed E-state index contributed by atoms with van der Waals surface area (Å²) in [5.41, 5.74) is 0.400. The lowest BCUT2D eigenvalue weighted by atomic mass is 10.2. The van der Waals surface area contributed by atoms with Crippen LogP contribution in [0.4, 0.5) is 13.2 Å². The number of aromatic nitrogens is 5. The molecule has 0 aliphatic heterocycles. The Hall–Kier alpha value is -2.46. The molecule has 6 nitrogen and oxygen atoms in total. The van der Waals surface area contributed by atoms with Gasteiger partial charge in [-0.2, -0.15) is 33.1 Å². The summed E-state index contributed by atoms with van der Waals surface area (Å²) < 4.78 is 41.9. The summed E-state index contributed by atoms with van der Waals surface area (Å²) in [5, 5.41) is 15.3. The predicted octanol–water partition coefficient (Wildman–Crippen LogP) is 4.55. The number of H-pyrrole nitrogens is 1. The predicted molar refractivity (Wildman–Crippen MR) is 98.1 cm³/mol. The fraction of sp³-hybridized carbons (Fsp3) is 0.250. The molecule has 142 valence electrons. The van der Waals surface area contributed by atoms with Gasteiger partial charge < -0.3 is 0 Å². The van der Waals surface area contributed by atoms with Gasteiger partial charge in [0.1, 0.15) is 5.15 Å². The minimum absolute atomic E-state index is 0.142. The van der Waals surface area contributed by atoms with Crippen LogP contribution >= 0.6 is 23.8 Å². The molecule has 27 heavy (non-hydrogen) atoms. The summed E-state index contributed by atoms with van der Waals surface area (Å²) in [6, 6.07) is 4.77. The van der Waals surface area contributed by atoms with Crippen molar-refractivity contribution in [1.82, 2.24) is 24.7 Å². The van der Waals surface area contributed by atoms with Crippen LogP contribution in [0.5, 0.6) is 0 Å². The highest BCUT2D eigenvalue weighted by atomic mass is 35.5. The maximum absolute atomic E-state index is 13.0. The third-order valence-corrected chi connectivity index (χ3v) is 4.43. The van der Waals surface area contributed by atoms with Gasteiger partial charge in [-0.15, -0.1) is 0 Å². The van der Waals surface area contributed by atoms with Crippen molar-refractivity contribution in [2.45, 2.75) is 26.4 Å². The molecule has 0 atom stereocenters. The highest BCUT2D eigenvalue weighted by Crippen LogP contribution is 2.31. The summed E-state index contributed by atoms with van der Waals surface area (Å²) in [5.74, 6) is 0.635. The van der Waals surface area contributed by atoms with Gasteiger partial charge in [0.2, 0.25) is 4.77 Å². The Balaban J connectivity index is 2.02. The van der Waals surface area contributed by atoms with Gasteiger partial charge in [-0.3, -0.25) is 5.10 Å². The van der Waals surface area contributed by atoms with E-state index < -0.39 is 11.7 Å². The van der Waals surface area contributed by atoms with Crippen molar-refractivity contribution in [1.29, 1.82) is 0 Å². The zero-order chi connectivity index (χ0) is 19.8. The molecule has 2 heterocycles. The number of hydrogen-bond donors (Lipinski definition) is 1. The van der Waals surface area contributed by atoms with Gasteiger partial charge in [0.05, 0.1) is 28.7 Å². The molecule has 0 bridgehead atoms. The van der Waals surface area contributed by atoms with E-state index >= 15 is 0 Å². The first-order valence-electron chi connectivity index (χ1n) is 7.85. The molecular formula is C16H14ClF3N6S. The van der Waals surface area contributed by atoms with E-state index in [4.69, 9.17) is 23.8 Å². The van der Waals surface area contributed by atoms with Gasteiger partial charge in [-0.05, 0) is 37.3 Å². The van der Waals surface area contributed by atoms with Crippen LogP contribution < -0.4 is 0 Å².